The van der Waals surface area contributed by atoms with Gasteiger partial charge in [0.25, 0.3) is 10.0 Å². The first-order valence-corrected chi connectivity index (χ1v) is 6.27. The van der Waals surface area contributed by atoms with Crippen LogP contribution in [0.4, 0.5) is 0 Å². The summed E-state index contributed by atoms with van der Waals surface area (Å²) >= 11 is 2.07. The quantitative estimate of drug-likeness (QED) is 0.829. The second kappa shape index (κ2) is 4.26. The zero-order valence-corrected chi connectivity index (χ0v) is 10.3. The highest BCUT2D eigenvalue weighted by Gasteiger charge is 2.14. The van der Waals surface area contributed by atoms with Gasteiger partial charge in [0.1, 0.15) is 0 Å². The van der Waals surface area contributed by atoms with Crippen LogP contribution in [-0.2, 0) is 14.8 Å². The summed E-state index contributed by atoms with van der Waals surface area (Å²) in [5.74, 6) is -0.594. The molecule has 76 valence electrons. The maximum atomic E-state index is 11.4. The first-order chi connectivity index (χ1) is 6.42. The number of amides is 1. The lowest BCUT2D eigenvalue weighted by atomic mass is 10.4. The van der Waals surface area contributed by atoms with Crippen LogP contribution in [-0.4, -0.2) is 14.3 Å². The highest BCUT2D eigenvalue weighted by molar-refractivity contribution is 14.1. The standard InChI is InChI=1S/C8H8INO3S/c1-6(11)10-14(12,13)8-4-2-7(9)3-5-8/h2-5H,1H3,(H,10,11). The second-order valence-corrected chi connectivity index (χ2v) is 5.54. The number of benzene rings is 1. The van der Waals surface area contributed by atoms with Crippen molar-refractivity contribution in [3.8, 4) is 0 Å². The molecule has 0 spiro atoms. The van der Waals surface area contributed by atoms with Crippen molar-refractivity contribution in [2.45, 2.75) is 11.8 Å². The van der Waals surface area contributed by atoms with Crippen LogP contribution in [0.3, 0.4) is 0 Å². The number of carbonyl (C=O) groups excluding carboxylic acids is 1. The van der Waals surface area contributed by atoms with E-state index in [1.807, 2.05) is 4.72 Å². The van der Waals surface area contributed by atoms with Crippen LogP contribution >= 0.6 is 22.6 Å². The van der Waals surface area contributed by atoms with Crippen LogP contribution in [0.2, 0.25) is 0 Å². The molecule has 0 radical (unpaired) electrons. The molecular weight excluding hydrogens is 317 g/mol. The van der Waals surface area contributed by atoms with E-state index in [0.717, 1.165) is 10.5 Å². The average molecular weight is 325 g/mol. The van der Waals surface area contributed by atoms with Gasteiger partial charge in [-0.15, -0.1) is 0 Å². The predicted molar refractivity (Wildman–Crippen MR) is 60.2 cm³/mol. The van der Waals surface area contributed by atoms with Crippen LogP contribution in [0.25, 0.3) is 0 Å². The molecule has 0 fully saturated rings. The Morgan fingerprint density at radius 2 is 1.79 bits per heavy atom. The first-order valence-electron chi connectivity index (χ1n) is 3.71. The van der Waals surface area contributed by atoms with Crippen molar-refractivity contribution in [3.63, 3.8) is 0 Å². The van der Waals surface area contributed by atoms with Gasteiger partial charge in [-0.2, -0.15) is 0 Å². The van der Waals surface area contributed by atoms with Gasteiger partial charge in [0, 0.05) is 10.5 Å². The van der Waals surface area contributed by atoms with Crippen molar-refractivity contribution in [1.29, 1.82) is 0 Å². The van der Waals surface area contributed by atoms with Crippen molar-refractivity contribution >= 4 is 38.5 Å². The lowest BCUT2D eigenvalue weighted by Gasteiger charge is -2.03. The van der Waals surface area contributed by atoms with E-state index in [0.29, 0.717) is 0 Å². The molecule has 0 aliphatic rings. The third kappa shape index (κ3) is 2.95. The van der Waals surface area contributed by atoms with E-state index in [1.165, 1.54) is 12.1 Å². The van der Waals surface area contributed by atoms with Gasteiger partial charge in [0.2, 0.25) is 5.91 Å². The summed E-state index contributed by atoms with van der Waals surface area (Å²) in [5.41, 5.74) is 0. The number of hydrogen-bond donors (Lipinski definition) is 1. The molecule has 1 aromatic rings. The van der Waals surface area contributed by atoms with Crippen molar-refractivity contribution in [2.75, 3.05) is 0 Å². The van der Waals surface area contributed by atoms with Crippen LogP contribution < -0.4 is 4.72 Å². The Bertz CT molecular complexity index is 438. The van der Waals surface area contributed by atoms with Gasteiger partial charge in [-0.25, -0.2) is 13.1 Å². The van der Waals surface area contributed by atoms with Crippen molar-refractivity contribution in [1.82, 2.24) is 4.72 Å². The summed E-state index contributed by atoms with van der Waals surface area (Å²) in [7, 11) is -3.68. The minimum absolute atomic E-state index is 0.0908. The van der Waals surface area contributed by atoms with Crippen LogP contribution in [0.1, 0.15) is 6.92 Å². The van der Waals surface area contributed by atoms with Crippen LogP contribution in [0.5, 0.6) is 0 Å². The van der Waals surface area contributed by atoms with Gasteiger partial charge in [-0.3, -0.25) is 4.79 Å². The van der Waals surface area contributed by atoms with E-state index < -0.39 is 15.9 Å². The van der Waals surface area contributed by atoms with E-state index >= 15 is 0 Å². The SMILES string of the molecule is CC(=O)NS(=O)(=O)c1ccc(I)cc1. The summed E-state index contributed by atoms with van der Waals surface area (Å²) in [6, 6.07) is 6.23. The van der Waals surface area contributed by atoms with E-state index in [-0.39, 0.29) is 4.90 Å². The number of halogens is 1. The monoisotopic (exact) mass is 325 g/mol. The summed E-state index contributed by atoms with van der Waals surface area (Å²) < 4.78 is 25.7. The molecule has 1 aromatic carbocycles. The van der Waals surface area contributed by atoms with Crippen LogP contribution in [0.15, 0.2) is 29.2 Å². The molecule has 0 saturated carbocycles. The number of nitrogens with one attached hydrogen (secondary N) is 1. The highest BCUT2D eigenvalue weighted by atomic mass is 127. The molecule has 0 unspecified atom stereocenters. The molecule has 0 aliphatic carbocycles. The fourth-order valence-corrected chi connectivity index (χ4v) is 2.21. The fraction of sp³-hybridized carbons (Fsp3) is 0.125. The Hall–Kier alpha value is -0.630. The van der Waals surface area contributed by atoms with Gasteiger partial charge >= 0.3 is 0 Å². The highest BCUT2D eigenvalue weighted by Crippen LogP contribution is 2.11. The maximum absolute atomic E-state index is 11.4. The lowest BCUT2D eigenvalue weighted by molar-refractivity contribution is -0.117. The zero-order chi connectivity index (χ0) is 10.8. The van der Waals surface area contributed by atoms with Crippen molar-refractivity contribution in [2.24, 2.45) is 0 Å². The van der Waals surface area contributed by atoms with Crippen LogP contribution in [0, 0.1) is 3.57 Å². The third-order valence-electron chi connectivity index (χ3n) is 1.40. The summed E-state index contributed by atoms with van der Waals surface area (Å²) in [5, 5.41) is 0. The maximum Gasteiger partial charge on any atom is 0.264 e. The number of hydrogen-bond acceptors (Lipinski definition) is 3. The van der Waals surface area contributed by atoms with E-state index in [2.05, 4.69) is 22.6 Å². The predicted octanol–water partition coefficient (Wildman–Crippen LogP) is 1.12. The Morgan fingerprint density at radius 1 is 1.29 bits per heavy atom. The molecule has 4 nitrogen and oxygen atoms in total. The molecule has 0 bridgehead atoms. The van der Waals surface area contributed by atoms with Gasteiger partial charge in [0.15, 0.2) is 0 Å². The van der Waals surface area contributed by atoms with E-state index in [1.54, 1.807) is 12.1 Å². The molecule has 0 heterocycles. The topological polar surface area (TPSA) is 63.2 Å². The van der Waals surface area contributed by atoms with Gasteiger partial charge in [-0.1, -0.05) is 0 Å². The number of sulfonamides is 1. The minimum atomic E-state index is -3.68. The van der Waals surface area contributed by atoms with Crippen molar-refractivity contribution in [3.05, 3.63) is 27.8 Å². The molecular formula is C8H8INO3S. The number of carbonyl (C=O) groups is 1. The Labute approximate surface area is 95.9 Å². The second-order valence-electron chi connectivity index (χ2n) is 2.62. The third-order valence-corrected chi connectivity index (χ3v) is 3.57. The number of rotatable bonds is 2. The van der Waals surface area contributed by atoms with Gasteiger partial charge < -0.3 is 0 Å². The Balaban J connectivity index is 3.05. The lowest BCUT2D eigenvalue weighted by Crippen LogP contribution is -2.28. The first kappa shape index (κ1) is 11.4. The molecule has 14 heavy (non-hydrogen) atoms. The molecule has 1 amide bonds. The smallest absolute Gasteiger partial charge is 0.264 e. The fourth-order valence-electron chi connectivity index (χ4n) is 0.862. The normalized spacial score (nSPS) is 11.0. The minimum Gasteiger partial charge on any atom is -0.274 e. The summed E-state index contributed by atoms with van der Waals surface area (Å²) in [6.07, 6.45) is 0. The van der Waals surface area contributed by atoms with Crippen molar-refractivity contribution < 1.29 is 13.2 Å². The van der Waals surface area contributed by atoms with Gasteiger partial charge in [-0.05, 0) is 46.9 Å². The van der Waals surface area contributed by atoms with E-state index in [9.17, 15) is 13.2 Å². The molecule has 1 N–H and O–H groups in total. The molecule has 6 heteroatoms. The van der Waals surface area contributed by atoms with E-state index in [4.69, 9.17) is 0 Å². The molecule has 0 aromatic heterocycles. The average Bonchev–Trinajstić information content (AvgIpc) is 2.02. The largest absolute Gasteiger partial charge is 0.274 e. The summed E-state index contributed by atoms with van der Waals surface area (Å²) in [4.78, 5) is 10.7. The molecule has 0 atom stereocenters. The Kier molecular flexibility index (Phi) is 3.48. The molecule has 1 rings (SSSR count). The van der Waals surface area contributed by atoms with Gasteiger partial charge in [0.05, 0.1) is 4.90 Å². The molecule has 0 aliphatic heterocycles. The summed E-state index contributed by atoms with van der Waals surface area (Å²) in [6.45, 7) is 1.16. The molecule has 0 saturated heterocycles. The Morgan fingerprint density at radius 3 is 2.21 bits per heavy atom. The zero-order valence-electron chi connectivity index (χ0n) is 7.32.